The van der Waals surface area contributed by atoms with Gasteiger partial charge in [-0.2, -0.15) is 17.4 Å². The third-order valence-electron chi connectivity index (χ3n) is 3.93. The molecule has 1 aromatic heterocycles. The molecule has 7 heteroatoms. The molecule has 118 valence electrons. The van der Waals surface area contributed by atoms with Crippen LogP contribution in [0.5, 0.6) is 5.88 Å². The van der Waals surface area contributed by atoms with E-state index in [1.54, 1.807) is 32.5 Å². The molecule has 0 amide bonds. The van der Waals surface area contributed by atoms with Crippen LogP contribution >= 0.6 is 0 Å². The molecule has 0 saturated heterocycles. The van der Waals surface area contributed by atoms with Crippen LogP contribution in [0.25, 0.3) is 0 Å². The van der Waals surface area contributed by atoms with Gasteiger partial charge in [0.2, 0.25) is 5.88 Å². The summed E-state index contributed by atoms with van der Waals surface area (Å²) in [5.41, 5.74) is 0.802. The molecule has 0 aromatic carbocycles. The van der Waals surface area contributed by atoms with Gasteiger partial charge in [-0.05, 0) is 18.4 Å². The fraction of sp³-hybridized carbons (Fsp3) is 0.643. The minimum atomic E-state index is -3.45. The topological polar surface area (TPSA) is 71.5 Å². The second-order valence-electron chi connectivity index (χ2n) is 5.34. The number of aromatic nitrogens is 1. The molecule has 21 heavy (non-hydrogen) atoms. The average Bonchev–Trinajstić information content (AvgIpc) is 2.53. The minimum absolute atomic E-state index is 0.116. The van der Waals surface area contributed by atoms with E-state index in [1.165, 1.54) is 10.7 Å². The van der Waals surface area contributed by atoms with Crippen LogP contribution in [-0.2, 0) is 16.8 Å². The minimum Gasteiger partial charge on any atom is -0.481 e. The highest BCUT2D eigenvalue weighted by molar-refractivity contribution is 7.87. The summed E-state index contributed by atoms with van der Waals surface area (Å²) < 4.78 is 33.7. The van der Waals surface area contributed by atoms with E-state index in [9.17, 15) is 8.42 Å². The van der Waals surface area contributed by atoms with Crippen LogP contribution < -0.4 is 9.46 Å². The highest BCUT2D eigenvalue weighted by atomic mass is 32.2. The number of hydrogen-bond donors (Lipinski definition) is 1. The van der Waals surface area contributed by atoms with Gasteiger partial charge in [0.05, 0.1) is 7.11 Å². The van der Waals surface area contributed by atoms with E-state index >= 15 is 0 Å². The lowest BCUT2D eigenvalue weighted by Crippen LogP contribution is -2.44. The lowest BCUT2D eigenvalue weighted by atomic mass is 9.96. The predicted octanol–water partition coefficient (Wildman–Crippen LogP) is 1.69. The summed E-state index contributed by atoms with van der Waals surface area (Å²) in [7, 11) is -0.247. The largest absolute Gasteiger partial charge is 0.481 e. The van der Waals surface area contributed by atoms with Crippen LogP contribution in [-0.4, -0.2) is 37.9 Å². The zero-order valence-electron chi connectivity index (χ0n) is 12.6. The van der Waals surface area contributed by atoms with Crippen LogP contribution in [0.4, 0.5) is 0 Å². The Balaban J connectivity index is 1.93. The van der Waals surface area contributed by atoms with Gasteiger partial charge >= 0.3 is 0 Å². The van der Waals surface area contributed by atoms with Gasteiger partial charge in [-0.25, -0.2) is 4.98 Å². The fourth-order valence-electron chi connectivity index (χ4n) is 2.55. The molecule has 1 saturated carbocycles. The zero-order chi connectivity index (χ0) is 15.3. The summed E-state index contributed by atoms with van der Waals surface area (Å²) in [6.45, 7) is 0.233. The molecule has 0 bridgehead atoms. The van der Waals surface area contributed by atoms with Gasteiger partial charge in [-0.1, -0.05) is 25.3 Å². The molecule has 1 aliphatic rings. The van der Waals surface area contributed by atoms with Crippen LogP contribution in [0.2, 0.25) is 0 Å². The van der Waals surface area contributed by atoms with Crippen molar-refractivity contribution in [1.82, 2.24) is 14.0 Å². The maximum Gasteiger partial charge on any atom is 0.279 e. The number of pyridine rings is 1. The number of hydrogen-bond acceptors (Lipinski definition) is 4. The zero-order valence-corrected chi connectivity index (χ0v) is 13.4. The number of methoxy groups -OCH3 is 1. The molecular formula is C14H23N3O3S. The first-order valence-corrected chi connectivity index (χ1v) is 8.68. The lowest BCUT2D eigenvalue weighted by Gasteiger charge is -2.30. The third kappa shape index (κ3) is 4.39. The van der Waals surface area contributed by atoms with Crippen LogP contribution in [0.1, 0.15) is 37.7 Å². The first-order valence-electron chi connectivity index (χ1n) is 7.24. The second-order valence-corrected chi connectivity index (χ2v) is 7.16. The van der Waals surface area contributed by atoms with Gasteiger partial charge in [-0.3, -0.25) is 0 Å². The van der Waals surface area contributed by atoms with E-state index in [0.717, 1.165) is 31.2 Å². The Kier molecular flexibility index (Phi) is 5.55. The summed E-state index contributed by atoms with van der Waals surface area (Å²) in [5.74, 6) is 0.515. The molecule has 1 aliphatic carbocycles. The van der Waals surface area contributed by atoms with Gasteiger partial charge in [0.25, 0.3) is 10.2 Å². The van der Waals surface area contributed by atoms with Crippen LogP contribution in [0.3, 0.4) is 0 Å². The SMILES string of the molecule is COc1ccc(CNS(=O)(=O)N(C)C2CCCCC2)cn1. The number of nitrogens with one attached hydrogen (secondary N) is 1. The molecule has 1 heterocycles. The Bertz CT molecular complexity index is 539. The van der Waals surface area contributed by atoms with Gasteiger partial charge in [0.15, 0.2) is 0 Å². The van der Waals surface area contributed by atoms with Gasteiger partial charge in [0.1, 0.15) is 0 Å². The first kappa shape index (κ1) is 16.2. The third-order valence-corrected chi connectivity index (χ3v) is 5.50. The molecule has 0 unspecified atom stereocenters. The second kappa shape index (κ2) is 7.20. The highest BCUT2D eigenvalue weighted by Crippen LogP contribution is 2.23. The monoisotopic (exact) mass is 313 g/mol. The van der Waals surface area contributed by atoms with Gasteiger partial charge in [-0.15, -0.1) is 0 Å². The number of nitrogens with zero attached hydrogens (tertiary/aromatic N) is 2. The van der Waals surface area contributed by atoms with Crippen LogP contribution in [0, 0.1) is 0 Å². The molecule has 1 N–H and O–H groups in total. The molecule has 2 rings (SSSR count). The van der Waals surface area contributed by atoms with E-state index in [1.807, 2.05) is 0 Å². The van der Waals surface area contributed by atoms with E-state index in [0.29, 0.717) is 5.88 Å². The van der Waals surface area contributed by atoms with Crippen molar-refractivity contribution in [2.75, 3.05) is 14.2 Å². The number of ether oxygens (including phenoxy) is 1. The van der Waals surface area contributed by atoms with Crippen molar-refractivity contribution in [3.63, 3.8) is 0 Å². The molecule has 6 nitrogen and oxygen atoms in total. The Labute approximate surface area is 126 Å². The molecule has 0 radical (unpaired) electrons. The molecule has 1 aromatic rings. The Morgan fingerprint density at radius 2 is 2.05 bits per heavy atom. The fourth-order valence-corrected chi connectivity index (χ4v) is 3.71. The maximum atomic E-state index is 12.3. The van der Waals surface area contributed by atoms with Crippen molar-refractivity contribution in [2.24, 2.45) is 0 Å². The van der Waals surface area contributed by atoms with Crippen LogP contribution in [0.15, 0.2) is 18.3 Å². The molecule has 0 aliphatic heterocycles. The smallest absolute Gasteiger partial charge is 0.279 e. The lowest BCUT2D eigenvalue weighted by molar-refractivity contribution is 0.283. The summed E-state index contributed by atoms with van der Waals surface area (Å²) >= 11 is 0. The van der Waals surface area contributed by atoms with Crippen molar-refractivity contribution in [3.8, 4) is 5.88 Å². The average molecular weight is 313 g/mol. The van der Waals surface area contributed by atoms with E-state index < -0.39 is 10.2 Å². The van der Waals surface area contributed by atoms with E-state index in [2.05, 4.69) is 9.71 Å². The molecule has 1 fully saturated rings. The van der Waals surface area contributed by atoms with Crippen molar-refractivity contribution < 1.29 is 13.2 Å². The van der Waals surface area contributed by atoms with Crippen molar-refractivity contribution >= 4 is 10.2 Å². The highest BCUT2D eigenvalue weighted by Gasteiger charge is 2.27. The van der Waals surface area contributed by atoms with Crippen molar-refractivity contribution in [2.45, 2.75) is 44.7 Å². The van der Waals surface area contributed by atoms with E-state index in [-0.39, 0.29) is 12.6 Å². The Morgan fingerprint density at radius 1 is 1.33 bits per heavy atom. The number of rotatable bonds is 6. The summed E-state index contributed by atoms with van der Waals surface area (Å²) in [5, 5.41) is 0. The summed E-state index contributed by atoms with van der Waals surface area (Å²) in [6, 6.07) is 3.63. The van der Waals surface area contributed by atoms with E-state index in [4.69, 9.17) is 4.74 Å². The quantitative estimate of drug-likeness (QED) is 0.867. The standard InChI is InChI=1S/C14H23N3O3S/c1-17(13-6-4-3-5-7-13)21(18,19)16-11-12-8-9-14(20-2)15-10-12/h8-10,13,16H,3-7,11H2,1-2H3. The Hall–Kier alpha value is -1.18. The Morgan fingerprint density at radius 3 is 2.62 bits per heavy atom. The van der Waals surface area contributed by atoms with Gasteiger partial charge in [0, 0.05) is 31.9 Å². The summed E-state index contributed by atoms with van der Waals surface area (Å²) in [4.78, 5) is 4.06. The van der Waals surface area contributed by atoms with Gasteiger partial charge < -0.3 is 4.74 Å². The predicted molar refractivity (Wildman–Crippen MR) is 81.2 cm³/mol. The molecular weight excluding hydrogens is 290 g/mol. The normalized spacial score (nSPS) is 17.1. The molecule has 0 atom stereocenters. The first-order chi connectivity index (χ1) is 10.0. The van der Waals surface area contributed by atoms with Crippen molar-refractivity contribution in [3.05, 3.63) is 23.9 Å². The van der Waals surface area contributed by atoms with Crippen molar-refractivity contribution in [1.29, 1.82) is 0 Å². The maximum absolute atomic E-state index is 12.3. The molecule has 0 spiro atoms. The summed E-state index contributed by atoms with van der Waals surface area (Å²) in [6.07, 6.45) is 6.92.